The lowest BCUT2D eigenvalue weighted by Crippen LogP contribution is -1.98. The van der Waals surface area contributed by atoms with Gasteiger partial charge in [-0.25, -0.2) is 0 Å². The summed E-state index contributed by atoms with van der Waals surface area (Å²) < 4.78 is 65.9. The minimum Gasteiger partial charge on any atom is -0.399 e. The smallest absolute Gasteiger partial charge is 0.294 e. The maximum absolute atomic E-state index is 11.9. The van der Waals surface area contributed by atoms with E-state index < -0.39 is 20.2 Å². The van der Waals surface area contributed by atoms with Gasteiger partial charge in [0.25, 0.3) is 20.2 Å². The molecule has 14 heteroatoms. The number of hydrogen-bond donors (Lipinski definition) is 4. The molecule has 242 valence electrons. The normalized spacial score (nSPS) is 12.5. The zero-order valence-electron chi connectivity index (χ0n) is 25.5. The Balaban J connectivity index is 1.27. The van der Waals surface area contributed by atoms with Crippen LogP contribution in [0, 0.1) is 13.8 Å². The number of nitrogen functional groups attached to an aromatic ring is 2. The first kappa shape index (κ1) is 32.4. The molecular formula is C34H28N6O6S2. The van der Waals surface area contributed by atoms with E-state index in [0.29, 0.717) is 50.0 Å². The third kappa shape index (κ3) is 6.63. The number of rotatable bonds is 7. The lowest BCUT2D eigenvalue weighted by molar-refractivity contribution is 0.481. The predicted octanol–water partition coefficient (Wildman–Crippen LogP) is 8.77. The van der Waals surface area contributed by atoms with Gasteiger partial charge in [0.2, 0.25) is 0 Å². The second-order valence-corrected chi connectivity index (χ2v) is 14.0. The van der Waals surface area contributed by atoms with Gasteiger partial charge in [-0.1, -0.05) is 30.3 Å². The molecule has 0 aliphatic rings. The van der Waals surface area contributed by atoms with Crippen LogP contribution in [-0.4, -0.2) is 25.9 Å². The molecule has 0 saturated heterocycles. The van der Waals surface area contributed by atoms with Crippen LogP contribution in [-0.2, 0) is 20.2 Å². The lowest BCUT2D eigenvalue weighted by Gasteiger charge is -2.09. The minimum absolute atomic E-state index is 0.231. The molecule has 0 amide bonds. The van der Waals surface area contributed by atoms with Crippen molar-refractivity contribution in [2.24, 2.45) is 20.5 Å². The summed E-state index contributed by atoms with van der Waals surface area (Å²) in [5, 5.41) is 19.7. The molecule has 0 bridgehead atoms. The fourth-order valence-electron chi connectivity index (χ4n) is 5.25. The van der Waals surface area contributed by atoms with Crippen molar-refractivity contribution in [3.05, 3.63) is 108 Å². The highest BCUT2D eigenvalue weighted by Crippen LogP contribution is 2.37. The fourth-order valence-corrected chi connectivity index (χ4v) is 6.30. The van der Waals surface area contributed by atoms with Crippen molar-refractivity contribution in [3.63, 3.8) is 0 Å². The van der Waals surface area contributed by atoms with Gasteiger partial charge in [0, 0.05) is 16.5 Å². The number of anilines is 2. The predicted molar refractivity (Wildman–Crippen MR) is 186 cm³/mol. The largest absolute Gasteiger partial charge is 0.399 e. The van der Waals surface area contributed by atoms with Crippen LogP contribution in [0.4, 0.5) is 34.1 Å². The highest BCUT2D eigenvalue weighted by atomic mass is 32.2. The molecule has 6 aromatic rings. The van der Waals surface area contributed by atoms with E-state index in [1.54, 1.807) is 36.4 Å². The minimum atomic E-state index is -4.47. The highest BCUT2D eigenvalue weighted by Gasteiger charge is 2.15. The van der Waals surface area contributed by atoms with Gasteiger partial charge in [-0.3, -0.25) is 9.11 Å². The average Bonchev–Trinajstić information content (AvgIpc) is 3.03. The van der Waals surface area contributed by atoms with Crippen LogP contribution in [0.3, 0.4) is 0 Å². The molecule has 0 aromatic heterocycles. The van der Waals surface area contributed by atoms with E-state index in [4.69, 9.17) is 11.5 Å². The summed E-state index contributed by atoms with van der Waals surface area (Å²) in [5.41, 5.74) is 18.2. The van der Waals surface area contributed by atoms with Crippen LogP contribution in [0.15, 0.2) is 127 Å². The van der Waals surface area contributed by atoms with Crippen LogP contribution in [0.1, 0.15) is 11.1 Å². The summed E-state index contributed by atoms with van der Waals surface area (Å²) in [4.78, 5) is -0.529. The first-order valence-electron chi connectivity index (χ1n) is 14.3. The summed E-state index contributed by atoms with van der Waals surface area (Å²) in [6, 6.07) is 26.3. The Morgan fingerprint density at radius 1 is 0.521 bits per heavy atom. The van der Waals surface area contributed by atoms with E-state index in [0.717, 1.165) is 22.3 Å². The molecule has 0 fully saturated rings. The summed E-state index contributed by atoms with van der Waals surface area (Å²) >= 11 is 0. The summed E-state index contributed by atoms with van der Waals surface area (Å²) in [6.07, 6.45) is 0. The van der Waals surface area contributed by atoms with Gasteiger partial charge in [-0.05, 0) is 114 Å². The average molecular weight is 681 g/mol. The SMILES string of the molecule is Cc1cc(-c2ccc(/N=N/c3c(N)ccc4cc(S(=O)(=O)O)ccc34)c(C)c2)ccc1/N=N/c1cc(S(=O)(=O)O)cc2ccc(N)cc12. The van der Waals surface area contributed by atoms with Gasteiger partial charge >= 0.3 is 0 Å². The Kier molecular flexibility index (Phi) is 8.26. The molecule has 0 radical (unpaired) electrons. The van der Waals surface area contributed by atoms with Gasteiger partial charge in [-0.15, -0.1) is 10.2 Å². The number of azo groups is 2. The summed E-state index contributed by atoms with van der Waals surface area (Å²) in [7, 11) is -8.84. The maximum atomic E-state index is 11.9. The third-order valence-corrected chi connectivity index (χ3v) is 9.45. The number of aryl methyl sites for hydroxylation is 2. The molecule has 0 saturated carbocycles. The van der Waals surface area contributed by atoms with Gasteiger partial charge < -0.3 is 11.5 Å². The molecule has 0 aliphatic heterocycles. The van der Waals surface area contributed by atoms with E-state index in [1.807, 2.05) is 44.2 Å². The standard InChI is InChI=1S/C34H28N6O6S2/c1-19-13-21(5-11-31(19)37-39-33-18-27(48(44,45)46)16-24-3-7-25(35)17-29(24)33)22-6-12-32(20(2)14-22)38-40-34-28-9-8-26(47(41,42)43)15-23(28)4-10-30(34)36/h3-18H,35-36H2,1-2H3,(H,41,42,43)(H,44,45,46)/b39-37+,40-38+. The lowest BCUT2D eigenvalue weighted by atomic mass is 10.0. The second kappa shape index (κ2) is 12.2. The van der Waals surface area contributed by atoms with Crippen molar-refractivity contribution >= 4 is 75.9 Å². The molecular weight excluding hydrogens is 653 g/mol. The van der Waals surface area contributed by atoms with Crippen LogP contribution >= 0.6 is 0 Å². The molecule has 6 N–H and O–H groups in total. The van der Waals surface area contributed by atoms with Gasteiger partial charge in [0.1, 0.15) is 5.69 Å². The first-order chi connectivity index (χ1) is 22.7. The van der Waals surface area contributed by atoms with E-state index in [-0.39, 0.29) is 15.5 Å². The van der Waals surface area contributed by atoms with Crippen LogP contribution in [0.5, 0.6) is 0 Å². The number of nitrogens with zero attached hydrogens (tertiary/aromatic N) is 4. The molecule has 0 spiro atoms. The summed E-state index contributed by atoms with van der Waals surface area (Å²) in [5.74, 6) is 0. The van der Waals surface area contributed by atoms with Gasteiger partial charge in [0.05, 0.1) is 32.5 Å². The van der Waals surface area contributed by atoms with E-state index in [9.17, 15) is 25.9 Å². The quantitative estimate of drug-likeness (QED) is 0.0725. The number of benzene rings is 6. The first-order valence-corrected chi connectivity index (χ1v) is 17.2. The number of hydrogen-bond acceptors (Lipinski definition) is 10. The number of nitrogens with two attached hydrogens (primary N) is 2. The second-order valence-electron chi connectivity index (χ2n) is 11.2. The van der Waals surface area contributed by atoms with Crippen molar-refractivity contribution in [2.75, 3.05) is 11.5 Å². The van der Waals surface area contributed by atoms with Gasteiger partial charge in [-0.2, -0.15) is 27.1 Å². The highest BCUT2D eigenvalue weighted by molar-refractivity contribution is 7.86. The van der Waals surface area contributed by atoms with Crippen molar-refractivity contribution in [2.45, 2.75) is 23.6 Å². The third-order valence-electron chi connectivity index (χ3n) is 7.77. The fraction of sp³-hybridized carbons (Fsp3) is 0.0588. The molecule has 6 rings (SSSR count). The van der Waals surface area contributed by atoms with Crippen LogP contribution in [0.25, 0.3) is 32.7 Å². The Morgan fingerprint density at radius 3 is 1.67 bits per heavy atom. The monoisotopic (exact) mass is 680 g/mol. The zero-order chi connectivity index (χ0) is 34.4. The zero-order valence-corrected chi connectivity index (χ0v) is 27.2. The molecule has 6 aromatic carbocycles. The van der Waals surface area contributed by atoms with Crippen LogP contribution < -0.4 is 11.5 Å². The molecule has 0 aliphatic carbocycles. The van der Waals surface area contributed by atoms with Crippen molar-refractivity contribution in [1.29, 1.82) is 0 Å². The Labute approximate surface area is 276 Å². The molecule has 48 heavy (non-hydrogen) atoms. The summed E-state index contributed by atoms with van der Waals surface area (Å²) in [6.45, 7) is 3.78. The molecule has 12 nitrogen and oxygen atoms in total. The number of fused-ring (bicyclic) bond motifs is 2. The Bertz CT molecular complexity index is 2570. The van der Waals surface area contributed by atoms with E-state index in [2.05, 4.69) is 20.5 Å². The van der Waals surface area contributed by atoms with Crippen molar-refractivity contribution in [1.82, 2.24) is 0 Å². The molecule has 0 heterocycles. The van der Waals surface area contributed by atoms with Crippen molar-refractivity contribution in [3.8, 4) is 11.1 Å². The van der Waals surface area contributed by atoms with E-state index >= 15 is 0 Å². The Morgan fingerprint density at radius 2 is 1.06 bits per heavy atom. The van der Waals surface area contributed by atoms with Gasteiger partial charge in [0.15, 0.2) is 0 Å². The van der Waals surface area contributed by atoms with E-state index in [1.165, 1.54) is 30.3 Å². The molecule has 0 unspecified atom stereocenters. The topological polar surface area (TPSA) is 210 Å². The van der Waals surface area contributed by atoms with Crippen molar-refractivity contribution < 1.29 is 25.9 Å². The maximum Gasteiger partial charge on any atom is 0.294 e. The molecule has 0 atom stereocenters. The Hall–Kier alpha value is -5.54. The van der Waals surface area contributed by atoms with Crippen LogP contribution in [0.2, 0.25) is 0 Å².